The molecule has 20 heavy (non-hydrogen) atoms. The van der Waals surface area contributed by atoms with E-state index in [9.17, 15) is 4.79 Å². The maximum absolute atomic E-state index is 12.6. The maximum atomic E-state index is 12.6. The number of halogens is 2. The van der Waals surface area contributed by atoms with Crippen LogP contribution in [-0.4, -0.2) is 22.6 Å². The molecule has 1 aromatic heterocycles. The number of carbonyl (C=O) groups is 1. The molecule has 0 saturated carbocycles. The monoisotopic (exact) mass is 309 g/mol. The summed E-state index contributed by atoms with van der Waals surface area (Å²) in [6.45, 7) is 4.38. The number of nitrogens with zero attached hydrogens (tertiary/aromatic N) is 3. The van der Waals surface area contributed by atoms with E-state index in [4.69, 9.17) is 23.2 Å². The summed E-state index contributed by atoms with van der Waals surface area (Å²) in [7, 11) is 0. The van der Waals surface area contributed by atoms with E-state index in [1.807, 2.05) is 38.1 Å². The second-order valence-corrected chi connectivity index (χ2v) is 5.01. The molecule has 1 aromatic carbocycles. The van der Waals surface area contributed by atoms with Gasteiger partial charge in [-0.2, -0.15) is 0 Å². The smallest absolute Gasteiger partial charge is 0.261 e. The van der Waals surface area contributed by atoms with Crippen LogP contribution < -0.4 is 4.90 Å². The van der Waals surface area contributed by atoms with E-state index in [1.165, 1.54) is 6.07 Å². The lowest BCUT2D eigenvalue weighted by molar-refractivity contribution is 0.0988. The van der Waals surface area contributed by atoms with Crippen molar-refractivity contribution in [1.29, 1.82) is 0 Å². The van der Waals surface area contributed by atoms with Gasteiger partial charge in [0.1, 0.15) is 0 Å². The Morgan fingerprint density at radius 2 is 2.00 bits per heavy atom. The first-order valence-electron chi connectivity index (χ1n) is 6.10. The summed E-state index contributed by atoms with van der Waals surface area (Å²) in [6, 6.07) is 9.11. The minimum atomic E-state index is -0.250. The molecule has 0 aliphatic rings. The zero-order valence-corrected chi connectivity index (χ0v) is 12.6. The molecule has 0 aliphatic carbocycles. The number of rotatable bonds is 3. The van der Waals surface area contributed by atoms with E-state index in [0.717, 1.165) is 11.3 Å². The van der Waals surface area contributed by atoms with Crippen molar-refractivity contribution in [2.24, 2.45) is 0 Å². The first kappa shape index (κ1) is 14.8. The maximum Gasteiger partial charge on any atom is 0.261 e. The predicted molar refractivity (Wildman–Crippen MR) is 80.6 cm³/mol. The molecular weight excluding hydrogens is 297 g/mol. The van der Waals surface area contributed by atoms with Crippen LogP contribution >= 0.6 is 23.2 Å². The van der Waals surface area contributed by atoms with Crippen LogP contribution in [-0.2, 0) is 0 Å². The highest BCUT2D eigenvalue weighted by Crippen LogP contribution is 2.22. The SMILES string of the molecule is CCN(C(=O)c1cc(Cl)nnc1Cl)c1cccc(C)c1. The Morgan fingerprint density at radius 3 is 2.65 bits per heavy atom. The van der Waals surface area contributed by atoms with Gasteiger partial charge in [-0.3, -0.25) is 4.79 Å². The van der Waals surface area contributed by atoms with Crippen molar-refractivity contribution in [3.63, 3.8) is 0 Å². The van der Waals surface area contributed by atoms with Crippen LogP contribution in [0.5, 0.6) is 0 Å². The number of aromatic nitrogens is 2. The molecule has 6 heteroatoms. The van der Waals surface area contributed by atoms with Gasteiger partial charge in [-0.25, -0.2) is 0 Å². The summed E-state index contributed by atoms with van der Waals surface area (Å²) in [6.07, 6.45) is 0. The molecule has 1 amide bonds. The molecule has 0 radical (unpaired) electrons. The lowest BCUT2D eigenvalue weighted by Crippen LogP contribution is -2.31. The third-order valence-corrected chi connectivity index (χ3v) is 3.29. The third kappa shape index (κ3) is 3.08. The molecule has 0 unspecified atom stereocenters. The van der Waals surface area contributed by atoms with E-state index in [0.29, 0.717) is 6.54 Å². The number of carbonyl (C=O) groups excluding carboxylic acids is 1. The van der Waals surface area contributed by atoms with Gasteiger partial charge >= 0.3 is 0 Å². The van der Waals surface area contributed by atoms with Gasteiger partial charge in [0.2, 0.25) is 0 Å². The number of aryl methyl sites for hydroxylation is 1. The van der Waals surface area contributed by atoms with Crippen LogP contribution in [0.15, 0.2) is 30.3 Å². The number of hydrogen-bond donors (Lipinski definition) is 0. The third-order valence-electron chi connectivity index (χ3n) is 2.82. The zero-order valence-electron chi connectivity index (χ0n) is 11.1. The highest BCUT2D eigenvalue weighted by Gasteiger charge is 2.20. The summed E-state index contributed by atoms with van der Waals surface area (Å²) < 4.78 is 0. The lowest BCUT2D eigenvalue weighted by atomic mass is 10.2. The highest BCUT2D eigenvalue weighted by atomic mass is 35.5. The van der Waals surface area contributed by atoms with Crippen molar-refractivity contribution >= 4 is 34.8 Å². The van der Waals surface area contributed by atoms with E-state index >= 15 is 0 Å². The van der Waals surface area contributed by atoms with Gasteiger partial charge in [0.05, 0.1) is 5.56 Å². The first-order chi connectivity index (χ1) is 9.52. The van der Waals surface area contributed by atoms with Gasteiger partial charge in [0.25, 0.3) is 5.91 Å². The second kappa shape index (κ2) is 6.20. The first-order valence-corrected chi connectivity index (χ1v) is 6.85. The van der Waals surface area contributed by atoms with E-state index in [-0.39, 0.29) is 21.8 Å². The molecule has 1 heterocycles. The topological polar surface area (TPSA) is 46.1 Å². The molecule has 4 nitrogen and oxygen atoms in total. The molecule has 0 bridgehead atoms. The van der Waals surface area contributed by atoms with Crippen molar-refractivity contribution in [2.75, 3.05) is 11.4 Å². The normalized spacial score (nSPS) is 10.4. The molecule has 104 valence electrons. The summed E-state index contributed by atoms with van der Waals surface area (Å²) in [5.41, 5.74) is 2.13. The van der Waals surface area contributed by atoms with Gasteiger partial charge in [-0.15, -0.1) is 10.2 Å². The molecule has 0 atom stereocenters. The number of amides is 1. The molecular formula is C14H13Cl2N3O. The van der Waals surface area contributed by atoms with Gasteiger partial charge in [0.15, 0.2) is 10.3 Å². The summed E-state index contributed by atoms with van der Waals surface area (Å²) in [4.78, 5) is 14.2. The van der Waals surface area contributed by atoms with Crippen molar-refractivity contribution in [3.05, 3.63) is 51.8 Å². The standard InChI is InChI=1S/C14H13Cl2N3O/c1-3-19(10-6-4-5-9(2)7-10)14(20)11-8-12(15)17-18-13(11)16/h4-8H,3H2,1-2H3. The Bertz CT molecular complexity index is 646. The fraction of sp³-hybridized carbons (Fsp3) is 0.214. The fourth-order valence-corrected chi connectivity index (χ4v) is 2.21. The van der Waals surface area contributed by atoms with Gasteiger partial charge in [-0.1, -0.05) is 35.3 Å². The Balaban J connectivity index is 2.41. The van der Waals surface area contributed by atoms with Gasteiger partial charge in [-0.05, 0) is 37.6 Å². The van der Waals surface area contributed by atoms with Gasteiger partial charge in [0, 0.05) is 12.2 Å². The van der Waals surface area contributed by atoms with E-state index in [1.54, 1.807) is 4.90 Å². The molecule has 0 N–H and O–H groups in total. The van der Waals surface area contributed by atoms with Crippen LogP contribution in [0.3, 0.4) is 0 Å². The summed E-state index contributed by atoms with van der Waals surface area (Å²) in [5, 5.41) is 7.45. The predicted octanol–water partition coefficient (Wildman–Crippen LogP) is 3.76. The Morgan fingerprint density at radius 1 is 1.25 bits per heavy atom. The minimum absolute atomic E-state index is 0.0468. The van der Waals surface area contributed by atoms with Crippen molar-refractivity contribution in [3.8, 4) is 0 Å². The fourth-order valence-electron chi connectivity index (χ4n) is 1.89. The van der Waals surface area contributed by atoms with Crippen LogP contribution in [0.1, 0.15) is 22.8 Å². The molecule has 0 saturated heterocycles. The summed E-state index contributed by atoms with van der Waals surface area (Å²) in [5.74, 6) is -0.250. The highest BCUT2D eigenvalue weighted by molar-refractivity contribution is 6.34. The second-order valence-electron chi connectivity index (χ2n) is 4.26. The molecule has 0 aliphatic heterocycles. The average molecular weight is 310 g/mol. The molecule has 0 spiro atoms. The van der Waals surface area contributed by atoms with Crippen LogP contribution in [0.25, 0.3) is 0 Å². The largest absolute Gasteiger partial charge is 0.309 e. The Kier molecular flexibility index (Phi) is 4.57. The van der Waals surface area contributed by atoms with Crippen molar-refractivity contribution in [2.45, 2.75) is 13.8 Å². The van der Waals surface area contributed by atoms with Crippen LogP contribution in [0.4, 0.5) is 5.69 Å². The number of benzene rings is 1. The van der Waals surface area contributed by atoms with Crippen molar-refractivity contribution in [1.82, 2.24) is 10.2 Å². The number of anilines is 1. The van der Waals surface area contributed by atoms with Gasteiger partial charge < -0.3 is 4.90 Å². The Hall–Kier alpha value is -1.65. The minimum Gasteiger partial charge on any atom is -0.309 e. The average Bonchev–Trinajstić information content (AvgIpc) is 2.42. The molecule has 2 aromatic rings. The Labute approximate surface area is 127 Å². The van der Waals surface area contributed by atoms with Crippen LogP contribution in [0.2, 0.25) is 10.3 Å². The summed E-state index contributed by atoms with van der Waals surface area (Å²) >= 11 is 11.7. The molecule has 0 fully saturated rings. The van der Waals surface area contributed by atoms with Crippen molar-refractivity contribution < 1.29 is 4.79 Å². The lowest BCUT2D eigenvalue weighted by Gasteiger charge is -2.21. The van der Waals surface area contributed by atoms with E-state index < -0.39 is 0 Å². The molecule has 2 rings (SSSR count). The quantitative estimate of drug-likeness (QED) is 0.867. The van der Waals surface area contributed by atoms with Crippen LogP contribution in [0, 0.1) is 6.92 Å². The zero-order chi connectivity index (χ0) is 14.7. The number of hydrogen-bond acceptors (Lipinski definition) is 3. The van der Waals surface area contributed by atoms with E-state index in [2.05, 4.69) is 10.2 Å².